The Morgan fingerprint density at radius 3 is 2.49 bits per heavy atom. The van der Waals surface area contributed by atoms with Gasteiger partial charge in [0.2, 0.25) is 0 Å². The van der Waals surface area contributed by atoms with Crippen molar-refractivity contribution in [3.05, 3.63) is 96.0 Å². The number of piperidine rings is 1. The van der Waals surface area contributed by atoms with Crippen LogP contribution in [0.25, 0.3) is 11.4 Å². The second-order valence-corrected chi connectivity index (χ2v) is 9.28. The number of nitrogens with zero attached hydrogens (tertiary/aromatic N) is 4. The van der Waals surface area contributed by atoms with Gasteiger partial charge in [-0.1, -0.05) is 50.3 Å². The van der Waals surface area contributed by atoms with Crippen LogP contribution in [0.4, 0.5) is 0 Å². The first-order chi connectivity index (χ1) is 16.9. The molecule has 0 spiro atoms. The van der Waals surface area contributed by atoms with Crippen molar-refractivity contribution in [3.8, 4) is 11.4 Å². The molecule has 0 bridgehead atoms. The highest BCUT2D eigenvalue weighted by atomic mass is 16.5. The zero-order valence-electron chi connectivity index (χ0n) is 22.1. The Hall–Kier alpha value is -3.18. The Labute approximate surface area is 211 Å². The van der Waals surface area contributed by atoms with Gasteiger partial charge in [-0.2, -0.15) is 0 Å². The molecule has 1 saturated heterocycles. The summed E-state index contributed by atoms with van der Waals surface area (Å²) in [6.07, 6.45) is 11.5. The fourth-order valence-corrected chi connectivity index (χ4v) is 4.36. The normalized spacial score (nSPS) is 16.9. The van der Waals surface area contributed by atoms with Gasteiger partial charge in [-0.15, -0.1) is 0 Å². The molecule has 2 aliphatic rings. The van der Waals surface area contributed by atoms with Crippen LogP contribution in [-0.4, -0.2) is 39.9 Å². The molecule has 2 aromatic rings. The maximum atomic E-state index is 5.86. The van der Waals surface area contributed by atoms with Gasteiger partial charge >= 0.3 is 0 Å². The minimum atomic E-state index is 0.633. The van der Waals surface area contributed by atoms with Crippen molar-refractivity contribution in [3.63, 3.8) is 0 Å². The number of hydrogen-bond donors (Lipinski definition) is 0. The molecule has 3 heterocycles. The molecule has 1 fully saturated rings. The Balaban J connectivity index is 0.00000167. The molecule has 35 heavy (non-hydrogen) atoms. The highest BCUT2D eigenvalue weighted by molar-refractivity contribution is 5.56. The van der Waals surface area contributed by atoms with Crippen LogP contribution in [0, 0.1) is 5.92 Å². The monoisotopic (exact) mass is 472 g/mol. The molecule has 0 N–H and O–H groups in total. The number of ether oxygens (including phenoxy) is 1. The van der Waals surface area contributed by atoms with Crippen LogP contribution in [0.2, 0.25) is 0 Å². The van der Waals surface area contributed by atoms with E-state index in [4.69, 9.17) is 4.74 Å². The number of rotatable bonds is 7. The summed E-state index contributed by atoms with van der Waals surface area (Å²) in [5, 5.41) is 0. The molecule has 0 atom stereocenters. The van der Waals surface area contributed by atoms with Crippen molar-refractivity contribution < 1.29 is 4.74 Å². The van der Waals surface area contributed by atoms with E-state index in [0.29, 0.717) is 12.4 Å². The maximum absolute atomic E-state index is 5.86. The van der Waals surface area contributed by atoms with Gasteiger partial charge in [0.15, 0.2) is 11.7 Å². The molecule has 2 aliphatic heterocycles. The van der Waals surface area contributed by atoms with E-state index < -0.39 is 0 Å². The van der Waals surface area contributed by atoms with E-state index in [-0.39, 0.29) is 0 Å². The maximum Gasteiger partial charge on any atom is 0.193 e. The van der Waals surface area contributed by atoms with E-state index in [0.717, 1.165) is 46.3 Å². The Morgan fingerprint density at radius 2 is 1.83 bits per heavy atom. The molecular weight excluding hydrogens is 432 g/mol. The summed E-state index contributed by atoms with van der Waals surface area (Å²) >= 11 is 0. The average Bonchev–Trinajstić information content (AvgIpc) is 3.13. The predicted octanol–water partition coefficient (Wildman–Crippen LogP) is 6.72. The lowest BCUT2D eigenvalue weighted by molar-refractivity contribution is 0.219. The summed E-state index contributed by atoms with van der Waals surface area (Å²) in [5.74, 6) is 2.94. The fourth-order valence-electron chi connectivity index (χ4n) is 4.36. The number of allylic oxidation sites excluding steroid dienone is 4. The van der Waals surface area contributed by atoms with Gasteiger partial charge in [-0.25, -0.2) is 9.97 Å². The van der Waals surface area contributed by atoms with E-state index in [1.54, 1.807) is 0 Å². The highest BCUT2D eigenvalue weighted by Crippen LogP contribution is 2.31. The third kappa shape index (κ3) is 7.15. The van der Waals surface area contributed by atoms with Gasteiger partial charge < -0.3 is 14.5 Å². The van der Waals surface area contributed by atoms with Crippen molar-refractivity contribution in [1.82, 2.24) is 19.8 Å². The summed E-state index contributed by atoms with van der Waals surface area (Å²) in [6.45, 7) is 19.0. The van der Waals surface area contributed by atoms with Crippen LogP contribution in [0.1, 0.15) is 51.7 Å². The third-order valence-corrected chi connectivity index (χ3v) is 6.40. The lowest BCUT2D eigenvalue weighted by Gasteiger charge is -2.28. The zero-order valence-corrected chi connectivity index (χ0v) is 22.1. The zero-order chi connectivity index (χ0) is 25.4. The van der Waals surface area contributed by atoms with Gasteiger partial charge in [0.1, 0.15) is 5.76 Å². The molecule has 5 heteroatoms. The minimum absolute atomic E-state index is 0.633. The predicted molar refractivity (Wildman–Crippen MR) is 145 cm³/mol. The van der Waals surface area contributed by atoms with E-state index in [9.17, 15) is 0 Å². The number of aromatic nitrogens is 2. The number of hydrogen-bond acceptors (Lipinski definition) is 5. The summed E-state index contributed by atoms with van der Waals surface area (Å²) in [7, 11) is 2.20. The van der Waals surface area contributed by atoms with Gasteiger partial charge in [-0.05, 0) is 89.0 Å². The van der Waals surface area contributed by atoms with Crippen molar-refractivity contribution in [2.45, 2.75) is 53.5 Å². The molecule has 5 nitrogen and oxygen atoms in total. The smallest absolute Gasteiger partial charge is 0.193 e. The molecule has 0 unspecified atom stereocenters. The van der Waals surface area contributed by atoms with E-state index in [2.05, 4.69) is 64.2 Å². The first-order valence-electron chi connectivity index (χ1n) is 12.7. The van der Waals surface area contributed by atoms with E-state index >= 15 is 0 Å². The highest BCUT2D eigenvalue weighted by Gasteiger charge is 2.23. The fraction of sp³-hybridized carbons (Fsp3) is 0.400. The Bertz CT molecular complexity index is 1080. The first-order valence-corrected chi connectivity index (χ1v) is 12.7. The van der Waals surface area contributed by atoms with Gasteiger partial charge in [0, 0.05) is 18.0 Å². The van der Waals surface area contributed by atoms with Gasteiger partial charge in [0.25, 0.3) is 0 Å². The standard InChI is InChI=1S/C28H34N4O.C2H6/c1-20(2)9-10-27-21(3)32(22(4)33-27)19-24-7-6-8-26(16-24)28-29-17-25(18-30-28)15-23-11-13-31(5)14-12-23;1-2/h6-10,16-18,23H,1,4,11-15,19H2,2-3,5H3;1-2H3/b10-9-;. The van der Waals surface area contributed by atoms with Crippen molar-refractivity contribution in [1.29, 1.82) is 0 Å². The largest absolute Gasteiger partial charge is 0.440 e. The summed E-state index contributed by atoms with van der Waals surface area (Å²) in [6, 6.07) is 8.38. The topological polar surface area (TPSA) is 41.5 Å². The molecule has 0 saturated carbocycles. The van der Waals surface area contributed by atoms with Crippen molar-refractivity contribution >= 4 is 0 Å². The average molecular weight is 473 g/mol. The Kier molecular flexibility index (Phi) is 9.44. The SMILES string of the molecule is C=C(C)/C=C\C1=C(C)N(Cc2cccc(-c3ncc(CC4CCN(C)CC4)cn3)c2)C(=C)O1.CC. The minimum Gasteiger partial charge on any atom is -0.440 e. The molecule has 1 aromatic carbocycles. The summed E-state index contributed by atoms with van der Waals surface area (Å²) in [4.78, 5) is 13.9. The lowest BCUT2D eigenvalue weighted by atomic mass is 9.91. The number of benzene rings is 1. The molecule has 0 radical (unpaired) electrons. The van der Waals surface area contributed by atoms with Gasteiger partial charge in [0.05, 0.1) is 12.2 Å². The van der Waals surface area contributed by atoms with Crippen LogP contribution in [0.5, 0.6) is 0 Å². The second kappa shape index (κ2) is 12.5. The quantitative estimate of drug-likeness (QED) is 0.418. The molecule has 0 amide bonds. The third-order valence-electron chi connectivity index (χ3n) is 6.40. The van der Waals surface area contributed by atoms with Crippen LogP contribution >= 0.6 is 0 Å². The van der Waals surface area contributed by atoms with Crippen LogP contribution in [0.3, 0.4) is 0 Å². The van der Waals surface area contributed by atoms with Crippen LogP contribution in [-0.2, 0) is 17.7 Å². The van der Waals surface area contributed by atoms with E-state index in [1.165, 1.54) is 31.5 Å². The Morgan fingerprint density at radius 1 is 1.14 bits per heavy atom. The first kappa shape index (κ1) is 26.4. The second-order valence-electron chi connectivity index (χ2n) is 9.28. The molecule has 0 aliphatic carbocycles. The molecule has 1 aromatic heterocycles. The van der Waals surface area contributed by atoms with Crippen molar-refractivity contribution in [2.24, 2.45) is 5.92 Å². The summed E-state index contributed by atoms with van der Waals surface area (Å²) < 4.78 is 5.86. The van der Waals surface area contributed by atoms with Gasteiger partial charge in [-0.3, -0.25) is 0 Å². The lowest BCUT2D eigenvalue weighted by Crippen LogP contribution is -2.30. The molecular formula is C30H40N4O. The molecule has 186 valence electrons. The molecule has 4 rings (SSSR count). The summed E-state index contributed by atoms with van der Waals surface area (Å²) in [5.41, 5.74) is 5.42. The van der Waals surface area contributed by atoms with Crippen LogP contribution in [0.15, 0.2) is 84.9 Å². The van der Waals surface area contributed by atoms with E-state index in [1.807, 2.05) is 52.2 Å². The van der Waals surface area contributed by atoms with Crippen LogP contribution < -0.4 is 0 Å². The number of likely N-dealkylation sites (tertiary alicyclic amines) is 1. The van der Waals surface area contributed by atoms with Crippen molar-refractivity contribution in [2.75, 3.05) is 20.1 Å².